The maximum atomic E-state index is 11.5. The van der Waals surface area contributed by atoms with Gasteiger partial charge in [0.2, 0.25) is 0 Å². The number of hydrogen-bond donors (Lipinski definition) is 1. The Labute approximate surface area is 116 Å². The van der Waals surface area contributed by atoms with E-state index in [-0.39, 0.29) is 17.4 Å². The molecule has 1 aliphatic heterocycles. The first-order valence-corrected chi connectivity index (χ1v) is 8.36. The Bertz CT molecular complexity index is 717. The summed E-state index contributed by atoms with van der Waals surface area (Å²) in [5.74, 6) is 1.24. The van der Waals surface area contributed by atoms with Gasteiger partial charge in [-0.25, -0.2) is 8.42 Å². The van der Waals surface area contributed by atoms with E-state index in [0.29, 0.717) is 29.7 Å². The van der Waals surface area contributed by atoms with E-state index in [9.17, 15) is 8.42 Å². The Kier molecular flexibility index (Phi) is 3.12. The number of nitrogens with one attached hydrogen (secondary N) is 1. The molecule has 0 bridgehead atoms. The minimum Gasteiger partial charge on any atom is -0.332 e. The van der Waals surface area contributed by atoms with Crippen LogP contribution in [0.2, 0.25) is 0 Å². The Hall–Kier alpha value is -1.70. The molecule has 0 aromatic carbocycles. The molecule has 2 aromatic rings. The molecule has 3 heterocycles. The lowest BCUT2D eigenvalue weighted by atomic mass is 10.1. The molecule has 1 N–H and O–H groups in total. The molecule has 1 atom stereocenters. The quantitative estimate of drug-likeness (QED) is 0.920. The Balaban J connectivity index is 1.83. The first-order chi connectivity index (χ1) is 9.44. The van der Waals surface area contributed by atoms with Crippen LogP contribution >= 0.6 is 0 Å². The van der Waals surface area contributed by atoms with E-state index < -0.39 is 9.84 Å². The lowest BCUT2D eigenvalue weighted by Gasteiger charge is -1.97. The van der Waals surface area contributed by atoms with Gasteiger partial charge in [0.1, 0.15) is 0 Å². The zero-order chi connectivity index (χ0) is 14.3. The lowest BCUT2D eigenvalue weighted by Crippen LogP contribution is -2.05. The van der Waals surface area contributed by atoms with Gasteiger partial charge in [-0.3, -0.25) is 5.10 Å². The van der Waals surface area contributed by atoms with Crippen LogP contribution in [0, 0.1) is 0 Å². The molecule has 0 radical (unpaired) electrons. The molecule has 0 amide bonds. The highest BCUT2D eigenvalue weighted by molar-refractivity contribution is 7.91. The van der Waals surface area contributed by atoms with Gasteiger partial charge in [-0.1, -0.05) is 19.0 Å². The van der Waals surface area contributed by atoms with Gasteiger partial charge < -0.3 is 4.52 Å². The summed E-state index contributed by atoms with van der Waals surface area (Å²) in [6.45, 7) is 4.11. The third-order valence-electron chi connectivity index (χ3n) is 3.48. The molecule has 2 aromatic heterocycles. The van der Waals surface area contributed by atoms with Gasteiger partial charge in [0, 0.05) is 11.6 Å². The van der Waals surface area contributed by atoms with Crippen molar-refractivity contribution in [3.8, 4) is 11.6 Å². The summed E-state index contributed by atoms with van der Waals surface area (Å²) in [5.41, 5.74) is 1.58. The van der Waals surface area contributed by atoms with E-state index in [4.69, 9.17) is 4.52 Å². The molecule has 8 heteroatoms. The Morgan fingerprint density at radius 3 is 2.85 bits per heavy atom. The third kappa shape index (κ3) is 2.47. The van der Waals surface area contributed by atoms with Gasteiger partial charge in [0.25, 0.3) is 5.89 Å². The van der Waals surface area contributed by atoms with E-state index in [2.05, 4.69) is 34.2 Å². The van der Waals surface area contributed by atoms with Crippen LogP contribution in [0.1, 0.15) is 43.6 Å². The van der Waals surface area contributed by atoms with Crippen molar-refractivity contribution < 1.29 is 12.9 Å². The van der Waals surface area contributed by atoms with Gasteiger partial charge in [0.05, 0.1) is 11.5 Å². The SMILES string of the molecule is CC(C)c1cc(-c2nc(C3CCS(=O)(=O)C3)no2)n[nH]1. The fourth-order valence-corrected chi connectivity index (χ4v) is 3.98. The summed E-state index contributed by atoms with van der Waals surface area (Å²) in [6, 6.07) is 1.87. The second kappa shape index (κ2) is 4.69. The summed E-state index contributed by atoms with van der Waals surface area (Å²) in [6.07, 6.45) is 0.555. The van der Waals surface area contributed by atoms with Crippen molar-refractivity contribution in [3.63, 3.8) is 0 Å². The average molecular weight is 296 g/mol. The molecule has 3 rings (SSSR count). The maximum absolute atomic E-state index is 11.5. The van der Waals surface area contributed by atoms with Gasteiger partial charge in [0.15, 0.2) is 21.4 Å². The highest BCUT2D eigenvalue weighted by atomic mass is 32.2. The summed E-state index contributed by atoms with van der Waals surface area (Å²) in [4.78, 5) is 4.28. The number of rotatable bonds is 3. The smallest absolute Gasteiger partial charge is 0.278 e. The van der Waals surface area contributed by atoms with Crippen molar-refractivity contribution in [1.29, 1.82) is 0 Å². The highest BCUT2D eigenvalue weighted by Crippen LogP contribution is 2.28. The predicted molar refractivity (Wildman–Crippen MR) is 72.0 cm³/mol. The fourth-order valence-electron chi connectivity index (χ4n) is 2.25. The van der Waals surface area contributed by atoms with Crippen LogP contribution in [0.3, 0.4) is 0 Å². The van der Waals surface area contributed by atoms with Crippen LogP contribution < -0.4 is 0 Å². The molecule has 1 unspecified atom stereocenters. The normalized spacial score (nSPS) is 21.6. The van der Waals surface area contributed by atoms with Crippen LogP contribution in [-0.2, 0) is 9.84 Å². The van der Waals surface area contributed by atoms with Crippen molar-refractivity contribution >= 4 is 9.84 Å². The highest BCUT2D eigenvalue weighted by Gasteiger charge is 2.32. The monoisotopic (exact) mass is 296 g/mol. The largest absolute Gasteiger partial charge is 0.332 e. The Morgan fingerprint density at radius 1 is 1.45 bits per heavy atom. The molecule has 0 aliphatic carbocycles. The van der Waals surface area contributed by atoms with E-state index in [1.807, 2.05) is 6.07 Å². The number of aromatic amines is 1. The third-order valence-corrected chi connectivity index (χ3v) is 5.25. The van der Waals surface area contributed by atoms with Gasteiger partial charge in [-0.05, 0) is 18.4 Å². The number of sulfone groups is 1. The molecule has 108 valence electrons. The molecule has 1 aliphatic rings. The molecular formula is C12H16N4O3S. The maximum Gasteiger partial charge on any atom is 0.278 e. The van der Waals surface area contributed by atoms with Crippen LogP contribution in [0.5, 0.6) is 0 Å². The fraction of sp³-hybridized carbons (Fsp3) is 0.583. The Morgan fingerprint density at radius 2 is 2.25 bits per heavy atom. The van der Waals surface area contributed by atoms with Crippen molar-refractivity contribution in [2.45, 2.75) is 32.1 Å². The van der Waals surface area contributed by atoms with Crippen molar-refractivity contribution in [1.82, 2.24) is 20.3 Å². The molecular weight excluding hydrogens is 280 g/mol. The first kappa shape index (κ1) is 13.3. The lowest BCUT2D eigenvalue weighted by molar-refractivity contribution is 0.416. The van der Waals surface area contributed by atoms with E-state index in [1.54, 1.807) is 0 Å². The molecule has 7 nitrogen and oxygen atoms in total. The van der Waals surface area contributed by atoms with Crippen LogP contribution in [0.15, 0.2) is 10.6 Å². The number of hydrogen-bond acceptors (Lipinski definition) is 6. The zero-order valence-corrected chi connectivity index (χ0v) is 12.1. The molecule has 1 saturated heterocycles. The molecule has 1 fully saturated rings. The van der Waals surface area contributed by atoms with Crippen molar-refractivity contribution in [2.75, 3.05) is 11.5 Å². The first-order valence-electron chi connectivity index (χ1n) is 6.54. The van der Waals surface area contributed by atoms with Crippen molar-refractivity contribution in [2.24, 2.45) is 0 Å². The number of aromatic nitrogens is 4. The minimum absolute atomic E-state index is 0.101. The summed E-state index contributed by atoms with van der Waals surface area (Å²) in [5, 5.41) is 10.9. The predicted octanol–water partition coefficient (Wildman–Crippen LogP) is 1.49. The summed E-state index contributed by atoms with van der Waals surface area (Å²) >= 11 is 0. The topological polar surface area (TPSA) is 102 Å². The number of nitrogens with zero attached hydrogens (tertiary/aromatic N) is 3. The molecule has 20 heavy (non-hydrogen) atoms. The minimum atomic E-state index is -2.95. The second-order valence-corrected chi connectivity index (χ2v) is 7.65. The molecule has 0 spiro atoms. The van der Waals surface area contributed by atoms with Gasteiger partial charge >= 0.3 is 0 Å². The van der Waals surface area contributed by atoms with E-state index >= 15 is 0 Å². The molecule has 0 saturated carbocycles. The van der Waals surface area contributed by atoms with Gasteiger partial charge in [-0.15, -0.1) is 0 Å². The zero-order valence-electron chi connectivity index (χ0n) is 11.3. The van der Waals surface area contributed by atoms with Crippen LogP contribution in [0.25, 0.3) is 11.6 Å². The van der Waals surface area contributed by atoms with Gasteiger partial charge in [-0.2, -0.15) is 10.1 Å². The second-order valence-electron chi connectivity index (χ2n) is 5.42. The van der Waals surface area contributed by atoms with E-state index in [1.165, 1.54) is 0 Å². The van der Waals surface area contributed by atoms with Crippen LogP contribution in [0.4, 0.5) is 0 Å². The van der Waals surface area contributed by atoms with Crippen molar-refractivity contribution in [3.05, 3.63) is 17.6 Å². The number of H-pyrrole nitrogens is 1. The summed E-state index contributed by atoms with van der Waals surface area (Å²) < 4.78 is 28.1. The van der Waals surface area contributed by atoms with Crippen LogP contribution in [-0.4, -0.2) is 40.3 Å². The standard InChI is InChI=1S/C12H16N4O3S/c1-7(2)9-5-10(15-14-9)12-13-11(16-19-12)8-3-4-20(17,18)6-8/h5,7-8H,3-4,6H2,1-2H3,(H,14,15). The summed E-state index contributed by atoms with van der Waals surface area (Å²) in [7, 11) is -2.95. The average Bonchev–Trinajstić information content (AvgIpc) is 3.04. The van der Waals surface area contributed by atoms with E-state index in [0.717, 1.165) is 5.69 Å².